The molecule has 0 radical (unpaired) electrons. The number of nitrogens with one attached hydrogen (secondary N) is 1. The maximum atomic E-state index is 12.6. The first-order valence-electron chi connectivity index (χ1n) is 8.20. The highest BCUT2D eigenvalue weighted by Crippen LogP contribution is 2.22. The number of nitrogens with zero attached hydrogens (tertiary/aromatic N) is 3. The second-order valence-corrected chi connectivity index (χ2v) is 7.15. The average molecular weight is 358 g/mol. The number of carbonyl (C=O) groups is 1. The molecule has 7 heteroatoms. The molecule has 1 aromatic carbocycles. The van der Waals surface area contributed by atoms with Crippen LogP contribution >= 0.6 is 11.3 Å². The molecule has 1 N–H and O–H groups in total. The van der Waals surface area contributed by atoms with Gasteiger partial charge in [-0.05, 0) is 32.9 Å². The van der Waals surface area contributed by atoms with Crippen LogP contribution in [0.25, 0.3) is 11.0 Å². The van der Waals surface area contributed by atoms with Gasteiger partial charge in [0, 0.05) is 13.7 Å². The van der Waals surface area contributed by atoms with E-state index in [0.717, 1.165) is 27.6 Å². The Balaban J connectivity index is 1.89. The monoisotopic (exact) mass is 358 g/mol. The second kappa shape index (κ2) is 7.33. The van der Waals surface area contributed by atoms with Crippen molar-refractivity contribution in [3.05, 3.63) is 45.7 Å². The Morgan fingerprint density at radius 2 is 2.08 bits per heavy atom. The zero-order valence-electron chi connectivity index (χ0n) is 14.9. The van der Waals surface area contributed by atoms with Gasteiger partial charge >= 0.3 is 0 Å². The number of benzene rings is 1. The lowest BCUT2D eigenvalue weighted by molar-refractivity contribution is 0.0940. The highest BCUT2D eigenvalue weighted by atomic mass is 32.1. The molecule has 25 heavy (non-hydrogen) atoms. The zero-order valence-corrected chi connectivity index (χ0v) is 15.7. The third-order valence-electron chi connectivity index (χ3n) is 4.05. The Kier molecular flexibility index (Phi) is 5.15. The van der Waals surface area contributed by atoms with Gasteiger partial charge in [-0.15, -0.1) is 11.3 Å². The first-order chi connectivity index (χ1) is 12.0. The zero-order chi connectivity index (χ0) is 18.0. The Hall–Kier alpha value is -2.25. The smallest absolute Gasteiger partial charge is 0.263 e. The molecule has 0 fully saturated rings. The molecule has 1 unspecified atom stereocenters. The third kappa shape index (κ3) is 3.57. The van der Waals surface area contributed by atoms with Crippen LogP contribution in [-0.2, 0) is 11.3 Å². The summed E-state index contributed by atoms with van der Waals surface area (Å²) in [5, 5.41) is 3.94. The molecule has 0 spiro atoms. The number of thiazole rings is 1. The van der Waals surface area contributed by atoms with Gasteiger partial charge in [0.15, 0.2) is 0 Å². The molecule has 0 saturated heterocycles. The van der Waals surface area contributed by atoms with E-state index in [1.54, 1.807) is 7.11 Å². The minimum atomic E-state index is -0.224. The van der Waals surface area contributed by atoms with Crippen LogP contribution in [0, 0.1) is 13.8 Å². The molecule has 3 aromatic rings. The van der Waals surface area contributed by atoms with E-state index in [4.69, 9.17) is 9.72 Å². The van der Waals surface area contributed by atoms with Crippen LogP contribution in [0.4, 0.5) is 0 Å². The van der Waals surface area contributed by atoms with Crippen molar-refractivity contribution < 1.29 is 9.53 Å². The lowest BCUT2D eigenvalue weighted by atomic mass is 10.3. The fourth-order valence-corrected chi connectivity index (χ4v) is 3.73. The number of hydrogen-bond acceptors (Lipinski definition) is 5. The molecule has 0 aliphatic rings. The van der Waals surface area contributed by atoms with Crippen molar-refractivity contribution in [2.24, 2.45) is 0 Å². The van der Waals surface area contributed by atoms with E-state index in [1.807, 2.05) is 45.0 Å². The Morgan fingerprint density at radius 1 is 1.32 bits per heavy atom. The molecule has 0 aliphatic carbocycles. The highest BCUT2D eigenvalue weighted by Gasteiger charge is 2.21. The molecule has 0 bridgehead atoms. The average Bonchev–Trinajstić information content (AvgIpc) is 3.12. The van der Waals surface area contributed by atoms with Crippen LogP contribution in [0.5, 0.6) is 0 Å². The quantitative estimate of drug-likeness (QED) is 0.734. The molecule has 0 saturated carbocycles. The van der Waals surface area contributed by atoms with Gasteiger partial charge in [0.1, 0.15) is 10.7 Å². The van der Waals surface area contributed by atoms with Crippen molar-refractivity contribution in [3.63, 3.8) is 0 Å². The summed E-state index contributed by atoms with van der Waals surface area (Å²) in [6.45, 7) is 6.98. The molecule has 3 rings (SSSR count). The third-order valence-corrected chi connectivity index (χ3v) is 5.12. The van der Waals surface area contributed by atoms with E-state index >= 15 is 0 Å². The number of imidazole rings is 1. The van der Waals surface area contributed by atoms with E-state index in [9.17, 15) is 4.79 Å². The van der Waals surface area contributed by atoms with E-state index in [-0.39, 0.29) is 11.9 Å². The van der Waals surface area contributed by atoms with Gasteiger partial charge in [0.25, 0.3) is 5.91 Å². The molecule has 6 nitrogen and oxygen atoms in total. The number of methoxy groups -OCH3 is 1. The molecular weight excluding hydrogens is 336 g/mol. The van der Waals surface area contributed by atoms with Crippen LogP contribution in [0.15, 0.2) is 24.3 Å². The molecule has 132 valence electrons. The predicted molar refractivity (Wildman–Crippen MR) is 99.1 cm³/mol. The van der Waals surface area contributed by atoms with Gasteiger partial charge in [-0.25, -0.2) is 9.97 Å². The van der Waals surface area contributed by atoms with E-state index < -0.39 is 0 Å². The van der Waals surface area contributed by atoms with Gasteiger partial charge in [0.2, 0.25) is 0 Å². The summed E-state index contributed by atoms with van der Waals surface area (Å²) >= 11 is 1.41. The molecule has 0 aliphatic heterocycles. The van der Waals surface area contributed by atoms with Crippen molar-refractivity contribution in [2.75, 3.05) is 13.7 Å². The Bertz CT molecular complexity index is 900. The number of ether oxygens (including phenoxy) is 1. The van der Waals surface area contributed by atoms with E-state index in [0.29, 0.717) is 18.0 Å². The first-order valence-corrected chi connectivity index (χ1v) is 9.02. The molecule has 1 amide bonds. The van der Waals surface area contributed by atoms with Gasteiger partial charge in [-0.2, -0.15) is 0 Å². The number of amides is 1. The van der Waals surface area contributed by atoms with Crippen molar-refractivity contribution in [1.82, 2.24) is 19.9 Å². The highest BCUT2D eigenvalue weighted by molar-refractivity contribution is 7.13. The molecule has 2 heterocycles. The van der Waals surface area contributed by atoms with Crippen LogP contribution in [0.3, 0.4) is 0 Å². The standard InChI is InChI=1S/C18H22N4O2S/c1-11-16(25-13(3)19-11)18(23)20-12(2)17-21-14-7-5-6-8-15(14)22(17)9-10-24-4/h5-8,12H,9-10H2,1-4H3,(H,20,23). The number of rotatable bonds is 6. The minimum Gasteiger partial charge on any atom is -0.383 e. The minimum absolute atomic E-state index is 0.110. The summed E-state index contributed by atoms with van der Waals surface area (Å²) < 4.78 is 7.33. The number of carbonyl (C=O) groups excluding carboxylic acids is 1. The van der Waals surface area contributed by atoms with Crippen LogP contribution < -0.4 is 5.32 Å². The summed E-state index contributed by atoms with van der Waals surface area (Å²) in [6.07, 6.45) is 0. The number of aromatic nitrogens is 3. The number of aryl methyl sites for hydroxylation is 2. The van der Waals surface area contributed by atoms with E-state index in [2.05, 4.69) is 14.9 Å². The van der Waals surface area contributed by atoms with Crippen LogP contribution in [-0.4, -0.2) is 34.2 Å². The van der Waals surface area contributed by atoms with Crippen molar-refractivity contribution in [1.29, 1.82) is 0 Å². The lowest BCUT2D eigenvalue weighted by Crippen LogP contribution is -2.29. The van der Waals surface area contributed by atoms with Crippen LogP contribution in [0.1, 0.15) is 39.2 Å². The topological polar surface area (TPSA) is 69.0 Å². The number of fused-ring (bicyclic) bond motifs is 1. The van der Waals surface area contributed by atoms with Crippen molar-refractivity contribution in [2.45, 2.75) is 33.4 Å². The summed E-state index contributed by atoms with van der Waals surface area (Å²) in [7, 11) is 1.68. The Labute approximate surface area is 150 Å². The summed E-state index contributed by atoms with van der Waals surface area (Å²) in [6, 6.07) is 7.75. The van der Waals surface area contributed by atoms with Gasteiger partial charge in [0.05, 0.1) is 34.4 Å². The lowest BCUT2D eigenvalue weighted by Gasteiger charge is -2.16. The normalized spacial score (nSPS) is 12.5. The number of para-hydroxylation sites is 2. The molecular formula is C18H22N4O2S. The summed E-state index contributed by atoms with van der Waals surface area (Å²) in [5.41, 5.74) is 2.72. The fourth-order valence-electron chi connectivity index (χ4n) is 2.91. The van der Waals surface area contributed by atoms with Crippen molar-refractivity contribution >= 4 is 28.3 Å². The summed E-state index contributed by atoms with van der Waals surface area (Å²) in [4.78, 5) is 22.3. The maximum Gasteiger partial charge on any atom is 0.263 e. The van der Waals surface area contributed by atoms with Gasteiger partial charge in [-0.3, -0.25) is 4.79 Å². The SMILES string of the molecule is COCCn1c(C(C)NC(=O)c2sc(C)nc2C)nc2ccccc21. The maximum absolute atomic E-state index is 12.6. The molecule has 1 atom stereocenters. The largest absolute Gasteiger partial charge is 0.383 e. The fraction of sp³-hybridized carbons (Fsp3) is 0.389. The van der Waals surface area contributed by atoms with Gasteiger partial charge < -0.3 is 14.6 Å². The number of hydrogen-bond donors (Lipinski definition) is 1. The predicted octanol–water partition coefficient (Wildman–Crippen LogP) is 3.25. The van der Waals surface area contributed by atoms with Crippen molar-refractivity contribution in [3.8, 4) is 0 Å². The second-order valence-electron chi connectivity index (χ2n) is 5.95. The van der Waals surface area contributed by atoms with Crippen LogP contribution in [0.2, 0.25) is 0 Å². The Morgan fingerprint density at radius 3 is 2.76 bits per heavy atom. The molecule has 2 aromatic heterocycles. The summed E-state index contributed by atoms with van der Waals surface area (Å²) in [5.74, 6) is 0.714. The van der Waals surface area contributed by atoms with Gasteiger partial charge in [-0.1, -0.05) is 12.1 Å². The first kappa shape index (κ1) is 17.6. The van der Waals surface area contributed by atoms with E-state index in [1.165, 1.54) is 11.3 Å².